The molecule has 0 saturated carbocycles. The van der Waals surface area contributed by atoms with Crippen LogP contribution in [0.2, 0.25) is 0 Å². The van der Waals surface area contributed by atoms with Crippen molar-refractivity contribution in [1.82, 2.24) is 4.98 Å². The van der Waals surface area contributed by atoms with E-state index in [1.807, 2.05) is 30.3 Å². The van der Waals surface area contributed by atoms with Gasteiger partial charge in [0, 0.05) is 5.92 Å². The zero-order valence-corrected chi connectivity index (χ0v) is 18.7. The van der Waals surface area contributed by atoms with E-state index >= 15 is 0 Å². The summed E-state index contributed by atoms with van der Waals surface area (Å²) in [5.74, 6) is -3.83. The van der Waals surface area contributed by atoms with Crippen molar-refractivity contribution in [3.05, 3.63) is 101 Å². The smallest absolute Gasteiger partial charge is 0.416 e. The van der Waals surface area contributed by atoms with E-state index in [9.17, 15) is 22.8 Å². The molecular formula is C27H23F3N2O3. The van der Waals surface area contributed by atoms with Crippen molar-refractivity contribution in [3.63, 3.8) is 0 Å². The van der Waals surface area contributed by atoms with Crippen LogP contribution in [-0.4, -0.2) is 16.7 Å². The molecule has 4 rings (SSSR count). The van der Waals surface area contributed by atoms with Crippen molar-refractivity contribution in [3.8, 4) is 0 Å². The Bertz CT molecular complexity index is 1300. The van der Waals surface area contributed by atoms with Gasteiger partial charge in [0.05, 0.1) is 11.5 Å². The molecule has 2 atom stereocenters. The number of fused-ring (bicyclic) bond motifs is 1. The highest BCUT2D eigenvalue weighted by Crippen LogP contribution is 2.35. The van der Waals surface area contributed by atoms with Gasteiger partial charge in [-0.05, 0) is 48.6 Å². The second-order valence-corrected chi connectivity index (χ2v) is 8.35. The normalized spacial score (nSPS) is 13.5. The molecule has 0 aliphatic carbocycles. The maximum Gasteiger partial charge on any atom is 0.416 e. The van der Waals surface area contributed by atoms with Gasteiger partial charge in [-0.1, -0.05) is 60.7 Å². The number of amides is 1. The Morgan fingerprint density at radius 2 is 1.54 bits per heavy atom. The standard InChI is InChI=1S/C27H23F3N2O3/c28-27(29,30)21-11-5-4-10-18(21)16-20(25(31)34)19(15-14-17-8-2-1-3-9-17)24(33)26-32-22-12-6-7-13-23(22)35-26/h1-13,19-20H,14-16H2,(H2,31,34). The Morgan fingerprint density at radius 3 is 2.23 bits per heavy atom. The minimum Gasteiger partial charge on any atom is -0.434 e. The number of benzene rings is 3. The molecular weight excluding hydrogens is 457 g/mol. The van der Waals surface area contributed by atoms with Gasteiger partial charge < -0.3 is 10.2 Å². The van der Waals surface area contributed by atoms with Crippen LogP contribution >= 0.6 is 0 Å². The third-order valence-electron chi connectivity index (χ3n) is 6.04. The van der Waals surface area contributed by atoms with Gasteiger partial charge in [-0.2, -0.15) is 13.2 Å². The largest absolute Gasteiger partial charge is 0.434 e. The lowest BCUT2D eigenvalue weighted by atomic mass is 9.79. The maximum absolute atomic E-state index is 13.6. The molecule has 1 aromatic heterocycles. The fraction of sp³-hybridized carbons (Fsp3) is 0.222. The molecule has 2 N–H and O–H groups in total. The first-order chi connectivity index (χ1) is 16.7. The number of primary amides is 1. The first-order valence-electron chi connectivity index (χ1n) is 11.1. The lowest BCUT2D eigenvalue weighted by Gasteiger charge is -2.24. The summed E-state index contributed by atoms with van der Waals surface area (Å²) in [6, 6.07) is 21.1. The number of aromatic nitrogens is 1. The van der Waals surface area contributed by atoms with E-state index in [1.165, 1.54) is 18.2 Å². The van der Waals surface area contributed by atoms with Crippen LogP contribution in [0.1, 0.15) is 33.8 Å². The van der Waals surface area contributed by atoms with Gasteiger partial charge in [0.1, 0.15) is 5.52 Å². The number of carbonyl (C=O) groups is 2. The summed E-state index contributed by atoms with van der Waals surface area (Å²) in [5.41, 5.74) is 6.51. The summed E-state index contributed by atoms with van der Waals surface area (Å²) in [4.78, 5) is 30.4. The van der Waals surface area contributed by atoms with Gasteiger partial charge in [-0.15, -0.1) is 0 Å². The molecule has 5 nitrogen and oxygen atoms in total. The number of oxazole rings is 1. The molecule has 3 aromatic carbocycles. The monoisotopic (exact) mass is 480 g/mol. The van der Waals surface area contributed by atoms with Crippen LogP contribution in [0.4, 0.5) is 13.2 Å². The van der Waals surface area contributed by atoms with Gasteiger partial charge in [-0.3, -0.25) is 9.59 Å². The zero-order valence-electron chi connectivity index (χ0n) is 18.7. The van der Waals surface area contributed by atoms with E-state index in [0.29, 0.717) is 17.5 Å². The molecule has 35 heavy (non-hydrogen) atoms. The van der Waals surface area contributed by atoms with Crippen molar-refractivity contribution in [2.45, 2.75) is 25.4 Å². The number of para-hydroxylation sites is 2. The van der Waals surface area contributed by atoms with E-state index in [2.05, 4.69) is 4.98 Å². The third kappa shape index (κ3) is 5.59. The third-order valence-corrected chi connectivity index (χ3v) is 6.04. The van der Waals surface area contributed by atoms with Crippen LogP contribution in [0.5, 0.6) is 0 Å². The number of halogens is 3. The second-order valence-electron chi connectivity index (χ2n) is 8.35. The van der Waals surface area contributed by atoms with Crippen LogP contribution in [-0.2, 0) is 23.8 Å². The molecule has 0 aliphatic heterocycles. The summed E-state index contributed by atoms with van der Waals surface area (Å²) in [6.07, 6.45) is -4.34. The van der Waals surface area contributed by atoms with Crippen LogP contribution in [0, 0.1) is 11.8 Å². The quantitative estimate of drug-likeness (QED) is 0.315. The lowest BCUT2D eigenvalue weighted by molar-refractivity contribution is -0.138. The highest BCUT2D eigenvalue weighted by atomic mass is 19.4. The van der Waals surface area contributed by atoms with Crippen LogP contribution in [0.15, 0.2) is 83.3 Å². The average Bonchev–Trinajstić information content (AvgIpc) is 3.28. The maximum atomic E-state index is 13.6. The van der Waals surface area contributed by atoms with Gasteiger partial charge in [0.25, 0.3) is 5.89 Å². The number of alkyl halides is 3. The minimum absolute atomic E-state index is 0.0983. The molecule has 0 saturated heterocycles. The number of Topliss-reactive ketones (excluding diaryl/α,β-unsaturated/α-hetero) is 1. The molecule has 0 radical (unpaired) electrons. The molecule has 1 heterocycles. The Morgan fingerprint density at radius 1 is 0.886 bits per heavy atom. The number of ketones is 1. The fourth-order valence-electron chi connectivity index (χ4n) is 4.27. The van der Waals surface area contributed by atoms with Crippen molar-refractivity contribution >= 4 is 22.8 Å². The number of aryl methyl sites for hydroxylation is 1. The van der Waals surface area contributed by atoms with Crippen LogP contribution < -0.4 is 5.73 Å². The van der Waals surface area contributed by atoms with Crippen LogP contribution in [0.3, 0.4) is 0 Å². The van der Waals surface area contributed by atoms with Gasteiger partial charge >= 0.3 is 6.18 Å². The number of hydrogen-bond donors (Lipinski definition) is 1. The topological polar surface area (TPSA) is 86.2 Å². The Balaban J connectivity index is 1.71. The molecule has 0 aliphatic rings. The SMILES string of the molecule is NC(=O)C(Cc1ccccc1C(F)(F)F)C(CCc1ccccc1)C(=O)c1nc2ccccc2o1. The van der Waals surface area contributed by atoms with E-state index in [1.54, 1.807) is 24.3 Å². The second kappa shape index (κ2) is 10.1. The first-order valence-corrected chi connectivity index (χ1v) is 11.1. The van der Waals surface area contributed by atoms with Crippen molar-refractivity contribution in [2.75, 3.05) is 0 Å². The van der Waals surface area contributed by atoms with Crippen molar-refractivity contribution in [1.29, 1.82) is 0 Å². The Labute approximate surface area is 199 Å². The molecule has 0 fully saturated rings. The summed E-state index contributed by atoms with van der Waals surface area (Å²) in [5, 5.41) is 0. The minimum atomic E-state index is -4.61. The van der Waals surface area contributed by atoms with Crippen LogP contribution in [0.25, 0.3) is 11.1 Å². The van der Waals surface area contributed by atoms with Gasteiger partial charge in [0.15, 0.2) is 5.58 Å². The molecule has 0 spiro atoms. The number of hydrogen-bond acceptors (Lipinski definition) is 4. The van der Waals surface area contributed by atoms with Gasteiger partial charge in [-0.25, -0.2) is 4.98 Å². The molecule has 1 amide bonds. The molecule has 180 valence electrons. The predicted molar refractivity (Wildman–Crippen MR) is 124 cm³/mol. The van der Waals surface area contributed by atoms with E-state index < -0.39 is 35.3 Å². The van der Waals surface area contributed by atoms with Gasteiger partial charge in [0.2, 0.25) is 11.7 Å². The zero-order chi connectivity index (χ0) is 25.0. The summed E-state index contributed by atoms with van der Waals surface area (Å²) < 4.78 is 46.4. The number of nitrogens with zero attached hydrogens (tertiary/aromatic N) is 1. The summed E-state index contributed by atoms with van der Waals surface area (Å²) in [6.45, 7) is 0. The fourth-order valence-corrected chi connectivity index (χ4v) is 4.27. The van der Waals surface area contributed by atoms with E-state index in [0.717, 1.165) is 11.6 Å². The molecule has 2 unspecified atom stereocenters. The predicted octanol–water partition coefficient (Wildman–Crippen LogP) is 5.62. The molecule has 4 aromatic rings. The highest BCUT2D eigenvalue weighted by Gasteiger charge is 2.38. The molecule has 8 heteroatoms. The van der Waals surface area contributed by atoms with Crippen molar-refractivity contribution < 1.29 is 27.2 Å². The Hall–Kier alpha value is -3.94. The summed E-state index contributed by atoms with van der Waals surface area (Å²) >= 11 is 0. The highest BCUT2D eigenvalue weighted by molar-refractivity contribution is 5.98. The number of carbonyl (C=O) groups excluding carboxylic acids is 2. The average molecular weight is 480 g/mol. The Kier molecular flexibility index (Phi) is 7.00. The number of rotatable bonds is 9. The lowest BCUT2D eigenvalue weighted by Crippen LogP contribution is -2.37. The molecule has 0 bridgehead atoms. The number of nitrogens with two attached hydrogens (primary N) is 1. The van der Waals surface area contributed by atoms with Crippen molar-refractivity contribution in [2.24, 2.45) is 17.6 Å². The van der Waals surface area contributed by atoms with E-state index in [4.69, 9.17) is 10.2 Å². The van der Waals surface area contributed by atoms with E-state index in [-0.39, 0.29) is 24.3 Å². The summed E-state index contributed by atoms with van der Waals surface area (Å²) in [7, 11) is 0. The first kappa shape index (κ1) is 24.2.